The minimum Gasteiger partial charge on any atom is -0.364 e. The Morgan fingerprint density at radius 1 is 1.85 bits per heavy atom. The maximum Gasteiger partial charge on any atom is 0.277 e. The molecule has 0 spiro atoms. The molecule has 0 atom stereocenters. The molecular weight excluding hydrogens is 190 g/mol. The first kappa shape index (κ1) is 9.62. The van der Waals surface area contributed by atoms with Crippen LogP contribution >= 0.6 is 12.2 Å². The van der Waals surface area contributed by atoms with Crippen LogP contribution in [0.25, 0.3) is 0 Å². The van der Waals surface area contributed by atoms with Crippen LogP contribution in [0, 0.1) is 0 Å². The molecule has 0 aliphatic rings. The van der Waals surface area contributed by atoms with Crippen LogP contribution in [0.5, 0.6) is 0 Å². The van der Waals surface area contributed by atoms with Gasteiger partial charge in [-0.3, -0.25) is 9.89 Å². The van der Waals surface area contributed by atoms with Crippen molar-refractivity contribution in [2.75, 3.05) is 7.05 Å². The normalized spacial score (nSPS) is 9.38. The predicted octanol–water partition coefficient (Wildman–Crippen LogP) is -0.770. The van der Waals surface area contributed by atoms with E-state index in [2.05, 4.69) is 15.5 Å². The number of H-pyrrole nitrogens is 1. The molecule has 0 saturated heterocycles. The number of rotatable bonds is 1. The van der Waals surface area contributed by atoms with E-state index < -0.39 is 5.91 Å². The number of amides is 1. The lowest BCUT2D eigenvalue weighted by Gasteiger charge is -2.15. The molecule has 1 aromatic rings. The number of nitrogens with one attached hydrogen (secondary N) is 2. The van der Waals surface area contributed by atoms with Crippen LogP contribution in [0.1, 0.15) is 10.4 Å². The van der Waals surface area contributed by atoms with Crippen LogP contribution in [0.4, 0.5) is 0 Å². The summed E-state index contributed by atoms with van der Waals surface area (Å²) in [6.45, 7) is 0. The van der Waals surface area contributed by atoms with Crippen LogP contribution in [0.3, 0.4) is 0 Å². The van der Waals surface area contributed by atoms with Crippen molar-refractivity contribution in [3.05, 3.63) is 18.0 Å². The monoisotopic (exact) mass is 199 g/mol. The van der Waals surface area contributed by atoms with Crippen molar-refractivity contribution in [2.24, 2.45) is 5.84 Å². The molecule has 70 valence electrons. The summed E-state index contributed by atoms with van der Waals surface area (Å²) in [7, 11) is 1.59. The van der Waals surface area contributed by atoms with E-state index in [9.17, 15) is 4.79 Å². The second-order valence-corrected chi connectivity index (χ2v) is 2.60. The highest BCUT2D eigenvalue weighted by Gasteiger charge is 2.15. The molecule has 1 aromatic heterocycles. The molecule has 0 aliphatic carbocycles. The summed E-state index contributed by atoms with van der Waals surface area (Å²) >= 11 is 4.77. The van der Waals surface area contributed by atoms with Crippen molar-refractivity contribution < 1.29 is 4.79 Å². The SMILES string of the molecule is CNC(=S)N(N)C(=O)c1cn[nH]c1. The third-order valence-electron chi connectivity index (χ3n) is 1.40. The fraction of sp³-hybridized carbons (Fsp3) is 0.167. The second-order valence-electron chi connectivity index (χ2n) is 2.22. The number of nitrogens with two attached hydrogens (primary N) is 1. The summed E-state index contributed by atoms with van der Waals surface area (Å²) in [4.78, 5) is 11.4. The zero-order valence-corrected chi connectivity index (χ0v) is 7.76. The molecule has 0 saturated carbocycles. The number of carbonyl (C=O) groups excluding carboxylic acids is 1. The zero-order chi connectivity index (χ0) is 9.84. The first-order valence-electron chi connectivity index (χ1n) is 3.46. The van der Waals surface area contributed by atoms with Crippen molar-refractivity contribution in [2.45, 2.75) is 0 Å². The summed E-state index contributed by atoms with van der Waals surface area (Å²) in [5.41, 5.74) is 0.361. The van der Waals surface area contributed by atoms with Gasteiger partial charge in [-0.1, -0.05) is 0 Å². The molecule has 1 rings (SSSR count). The van der Waals surface area contributed by atoms with Gasteiger partial charge in [-0.05, 0) is 12.2 Å². The highest BCUT2D eigenvalue weighted by atomic mass is 32.1. The van der Waals surface area contributed by atoms with Crippen molar-refractivity contribution in [3.63, 3.8) is 0 Å². The van der Waals surface area contributed by atoms with Gasteiger partial charge in [0.15, 0.2) is 5.11 Å². The van der Waals surface area contributed by atoms with Gasteiger partial charge in [0.1, 0.15) is 0 Å². The summed E-state index contributed by atoms with van der Waals surface area (Å²) in [6, 6.07) is 0. The molecule has 0 radical (unpaired) electrons. The van der Waals surface area contributed by atoms with Gasteiger partial charge in [-0.15, -0.1) is 0 Å². The van der Waals surface area contributed by atoms with Gasteiger partial charge in [-0.25, -0.2) is 10.9 Å². The number of thiocarbonyl (C=S) groups is 1. The molecule has 7 heteroatoms. The van der Waals surface area contributed by atoms with Gasteiger partial charge in [0.25, 0.3) is 5.91 Å². The molecule has 0 aromatic carbocycles. The first-order valence-corrected chi connectivity index (χ1v) is 3.87. The van der Waals surface area contributed by atoms with E-state index >= 15 is 0 Å². The smallest absolute Gasteiger partial charge is 0.277 e. The Labute approximate surface area is 80.1 Å². The molecule has 6 nitrogen and oxygen atoms in total. The van der Waals surface area contributed by atoms with E-state index in [1.54, 1.807) is 7.05 Å². The molecule has 0 unspecified atom stereocenters. The number of nitrogens with zero attached hydrogens (tertiary/aromatic N) is 2. The van der Waals surface area contributed by atoms with Gasteiger partial charge in [0.2, 0.25) is 0 Å². The van der Waals surface area contributed by atoms with E-state index in [0.717, 1.165) is 5.01 Å². The number of hydrazine groups is 1. The molecular formula is C6H9N5OS. The minimum absolute atomic E-state index is 0.159. The number of carbonyl (C=O) groups is 1. The molecule has 1 amide bonds. The van der Waals surface area contributed by atoms with E-state index in [0.29, 0.717) is 5.56 Å². The van der Waals surface area contributed by atoms with E-state index in [-0.39, 0.29) is 5.11 Å². The summed E-state index contributed by atoms with van der Waals surface area (Å²) < 4.78 is 0. The van der Waals surface area contributed by atoms with Crippen molar-refractivity contribution in [1.82, 2.24) is 20.5 Å². The van der Waals surface area contributed by atoms with Crippen molar-refractivity contribution >= 4 is 23.2 Å². The van der Waals surface area contributed by atoms with Gasteiger partial charge in [-0.2, -0.15) is 5.10 Å². The fourth-order valence-corrected chi connectivity index (χ4v) is 0.803. The molecule has 13 heavy (non-hydrogen) atoms. The Balaban J connectivity index is 2.74. The Morgan fingerprint density at radius 3 is 3.00 bits per heavy atom. The zero-order valence-electron chi connectivity index (χ0n) is 6.94. The molecule has 0 aliphatic heterocycles. The maximum absolute atomic E-state index is 11.4. The topological polar surface area (TPSA) is 87.0 Å². The van der Waals surface area contributed by atoms with E-state index in [1.807, 2.05) is 0 Å². The lowest BCUT2D eigenvalue weighted by atomic mass is 10.3. The van der Waals surface area contributed by atoms with E-state index in [4.69, 9.17) is 18.1 Å². The first-order chi connectivity index (χ1) is 6.16. The average Bonchev–Trinajstić information content (AvgIpc) is 2.67. The summed E-state index contributed by atoms with van der Waals surface area (Å²) in [6.07, 6.45) is 2.82. The Morgan fingerprint density at radius 2 is 2.54 bits per heavy atom. The standard InChI is InChI=1S/C6H9N5OS/c1-8-6(13)11(7)5(12)4-2-9-10-3-4/h2-3H,7H2,1H3,(H,8,13)(H,9,10). The van der Waals surface area contributed by atoms with Crippen LogP contribution in [-0.2, 0) is 0 Å². The fourth-order valence-electron chi connectivity index (χ4n) is 0.720. The number of hydrogen-bond donors (Lipinski definition) is 3. The van der Waals surface area contributed by atoms with Crippen LogP contribution in [0.2, 0.25) is 0 Å². The van der Waals surface area contributed by atoms with Gasteiger partial charge >= 0.3 is 0 Å². The van der Waals surface area contributed by atoms with Crippen LogP contribution < -0.4 is 11.2 Å². The lowest BCUT2D eigenvalue weighted by molar-refractivity contribution is 0.0846. The average molecular weight is 199 g/mol. The highest BCUT2D eigenvalue weighted by Crippen LogP contribution is 1.98. The highest BCUT2D eigenvalue weighted by molar-refractivity contribution is 7.80. The van der Waals surface area contributed by atoms with Crippen LogP contribution in [0.15, 0.2) is 12.4 Å². The number of aromatic amines is 1. The minimum atomic E-state index is -0.409. The Hall–Kier alpha value is -1.47. The molecule has 4 N–H and O–H groups in total. The number of aromatic nitrogens is 2. The summed E-state index contributed by atoms with van der Waals surface area (Å²) in [5.74, 6) is 4.99. The van der Waals surface area contributed by atoms with Crippen LogP contribution in [-0.4, -0.2) is 33.3 Å². The molecule has 1 heterocycles. The number of hydrogen-bond acceptors (Lipinski definition) is 4. The Bertz CT molecular complexity index is 309. The van der Waals surface area contributed by atoms with Crippen molar-refractivity contribution in [1.29, 1.82) is 0 Å². The second kappa shape index (κ2) is 3.97. The maximum atomic E-state index is 11.4. The largest absolute Gasteiger partial charge is 0.364 e. The van der Waals surface area contributed by atoms with E-state index in [1.165, 1.54) is 12.4 Å². The third kappa shape index (κ3) is 2.01. The quantitative estimate of drug-likeness (QED) is 0.239. The molecule has 0 bridgehead atoms. The van der Waals surface area contributed by atoms with Gasteiger partial charge in [0.05, 0.1) is 11.8 Å². The lowest BCUT2D eigenvalue weighted by Crippen LogP contribution is -2.46. The predicted molar refractivity (Wildman–Crippen MR) is 50.6 cm³/mol. The third-order valence-corrected chi connectivity index (χ3v) is 1.80. The van der Waals surface area contributed by atoms with Crippen molar-refractivity contribution in [3.8, 4) is 0 Å². The summed E-state index contributed by atoms with van der Waals surface area (Å²) in [5, 5.41) is 9.72. The van der Waals surface area contributed by atoms with Gasteiger partial charge in [0, 0.05) is 13.2 Å². The Kier molecular flexibility index (Phi) is 2.93. The molecule has 0 fully saturated rings. The van der Waals surface area contributed by atoms with Gasteiger partial charge < -0.3 is 5.32 Å².